The number of anilines is 2. The van der Waals surface area contributed by atoms with E-state index in [1.165, 1.54) is 0 Å². The molecule has 1 aliphatic carbocycles. The Labute approximate surface area is 161 Å². The number of nitrogens with zero attached hydrogens (tertiary/aromatic N) is 3. The highest BCUT2D eigenvalue weighted by Gasteiger charge is 2.26. The van der Waals surface area contributed by atoms with Crippen LogP contribution in [-0.4, -0.2) is 36.0 Å². The van der Waals surface area contributed by atoms with E-state index in [1.807, 2.05) is 62.3 Å². The lowest BCUT2D eigenvalue weighted by atomic mass is 9.85. The van der Waals surface area contributed by atoms with Crippen LogP contribution in [0.3, 0.4) is 0 Å². The number of carbonyl (C=O) groups excluding carboxylic acids is 1. The van der Waals surface area contributed by atoms with Crippen LogP contribution in [0.5, 0.6) is 0 Å². The van der Waals surface area contributed by atoms with E-state index in [0.717, 1.165) is 42.8 Å². The number of hydrogen-bond donors (Lipinski definition) is 2. The SMILES string of the molecule is Cc1cc(N(C)C)nc(N[C@H]2CC[C@@H](C(=O)NCc3ccccc3)CC2)n1. The van der Waals surface area contributed by atoms with E-state index in [2.05, 4.69) is 20.6 Å². The zero-order valence-electron chi connectivity index (χ0n) is 16.4. The first-order valence-corrected chi connectivity index (χ1v) is 9.62. The molecule has 1 amide bonds. The molecule has 0 spiro atoms. The van der Waals surface area contributed by atoms with E-state index in [1.54, 1.807) is 0 Å². The van der Waals surface area contributed by atoms with E-state index >= 15 is 0 Å². The highest BCUT2D eigenvalue weighted by atomic mass is 16.1. The molecule has 1 aromatic carbocycles. The van der Waals surface area contributed by atoms with Crippen LogP contribution in [0, 0.1) is 12.8 Å². The summed E-state index contributed by atoms with van der Waals surface area (Å²) in [5.74, 6) is 1.84. The summed E-state index contributed by atoms with van der Waals surface area (Å²) in [5.41, 5.74) is 2.08. The van der Waals surface area contributed by atoms with Crippen molar-refractivity contribution < 1.29 is 4.79 Å². The fourth-order valence-electron chi connectivity index (χ4n) is 3.46. The molecule has 1 fully saturated rings. The van der Waals surface area contributed by atoms with Crippen LogP contribution in [0.25, 0.3) is 0 Å². The van der Waals surface area contributed by atoms with Crippen LogP contribution in [0.2, 0.25) is 0 Å². The minimum absolute atomic E-state index is 0.0996. The average Bonchev–Trinajstić information content (AvgIpc) is 2.67. The molecule has 1 saturated carbocycles. The smallest absolute Gasteiger partial charge is 0.225 e. The van der Waals surface area contributed by atoms with Crippen LogP contribution >= 0.6 is 0 Å². The summed E-state index contributed by atoms with van der Waals surface area (Å²) in [6, 6.07) is 12.3. The standard InChI is InChI=1S/C21H29N5O/c1-15-13-19(26(2)3)25-21(23-15)24-18-11-9-17(10-12-18)20(27)22-14-16-7-5-4-6-8-16/h4-8,13,17-18H,9-12,14H2,1-3H3,(H,22,27)(H,23,24,25)/t17-,18+. The van der Waals surface area contributed by atoms with Gasteiger partial charge in [-0.2, -0.15) is 4.98 Å². The van der Waals surface area contributed by atoms with Gasteiger partial charge in [0.05, 0.1) is 0 Å². The number of carbonyl (C=O) groups is 1. The van der Waals surface area contributed by atoms with Crippen molar-refractivity contribution in [2.24, 2.45) is 5.92 Å². The van der Waals surface area contributed by atoms with Gasteiger partial charge in [0.15, 0.2) is 0 Å². The van der Waals surface area contributed by atoms with Crippen molar-refractivity contribution in [3.63, 3.8) is 0 Å². The minimum Gasteiger partial charge on any atom is -0.363 e. The van der Waals surface area contributed by atoms with E-state index in [0.29, 0.717) is 18.5 Å². The molecule has 0 atom stereocenters. The van der Waals surface area contributed by atoms with Gasteiger partial charge < -0.3 is 15.5 Å². The van der Waals surface area contributed by atoms with Gasteiger partial charge in [-0.15, -0.1) is 0 Å². The van der Waals surface area contributed by atoms with Crippen LogP contribution < -0.4 is 15.5 Å². The lowest BCUT2D eigenvalue weighted by Gasteiger charge is -2.28. The number of benzene rings is 1. The maximum Gasteiger partial charge on any atom is 0.225 e. The zero-order chi connectivity index (χ0) is 19.2. The molecule has 3 rings (SSSR count). The van der Waals surface area contributed by atoms with Crippen LogP contribution in [-0.2, 0) is 11.3 Å². The molecule has 1 heterocycles. The third-order valence-electron chi connectivity index (χ3n) is 5.04. The predicted octanol–water partition coefficient (Wildman–Crippen LogP) is 3.14. The molecule has 0 radical (unpaired) electrons. The van der Waals surface area contributed by atoms with Gasteiger partial charge in [0.2, 0.25) is 11.9 Å². The third kappa shape index (κ3) is 5.42. The fraction of sp³-hybridized carbons (Fsp3) is 0.476. The summed E-state index contributed by atoms with van der Waals surface area (Å²) in [6.45, 7) is 2.58. The Morgan fingerprint density at radius 3 is 2.48 bits per heavy atom. The molecule has 2 aromatic rings. The number of amides is 1. The van der Waals surface area contributed by atoms with Crippen molar-refractivity contribution >= 4 is 17.7 Å². The molecule has 2 N–H and O–H groups in total. The number of rotatable bonds is 6. The molecule has 1 aliphatic rings. The molecule has 144 valence electrons. The predicted molar refractivity (Wildman–Crippen MR) is 109 cm³/mol. The van der Waals surface area contributed by atoms with Gasteiger partial charge in [0.1, 0.15) is 5.82 Å². The van der Waals surface area contributed by atoms with Gasteiger partial charge in [-0.1, -0.05) is 30.3 Å². The molecule has 6 nitrogen and oxygen atoms in total. The monoisotopic (exact) mass is 367 g/mol. The molecule has 0 saturated heterocycles. The van der Waals surface area contributed by atoms with Gasteiger partial charge in [-0.25, -0.2) is 4.98 Å². The lowest BCUT2D eigenvalue weighted by molar-refractivity contribution is -0.126. The van der Waals surface area contributed by atoms with Crippen molar-refractivity contribution in [3.8, 4) is 0 Å². The van der Waals surface area contributed by atoms with Gasteiger partial charge in [-0.3, -0.25) is 4.79 Å². The van der Waals surface area contributed by atoms with Crippen LogP contribution in [0.15, 0.2) is 36.4 Å². The molecular formula is C21H29N5O. The average molecular weight is 367 g/mol. The molecule has 0 unspecified atom stereocenters. The Kier molecular flexibility index (Phi) is 6.27. The Morgan fingerprint density at radius 1 is 1.11 bits per heavy atom. The van der Waals surface area contributed by atoms with Crippen molar-refractivity contribution in [1.29, 1.82) is 0 Å². The second-order valence-electron chi connectivity index (χ2n) is 7.48. The van der Waals surface area contributed by atoms with Crippen molar-refractivity contribution in [1.82, 2.24) is 15.3 Å². The van der Waals surface area contributed by atoms with Crippen molar-refractivity contribution in [2.45, 2.75) is 45.2 Å². The van der Waals surface area contributed by atoms with E-state index in [4.69, 9.17) is 0 Å². The molecule has 1 aromatic heterocycles. The number of aryl methyl sites for hydroxylation is 1. The summed E-state index contributed by atoms with van der Waals surface area (Å²) in [5, 5.41) is 6.52. The first kappa shape index (κ1) is 19.1. The van der Waals surface area contributed by atoms with Crippen LogP contribution in [0.1, 0.15) is 36.9 Å². The van der Waals surface area contributed by atoms with Gasteiger partial charge >= 0.3 is 0 Å². The molecule has 27 heavy (non-hydrogen) atoms. The normalized spacial score (nSPS) is 19.4. The maximum atomic E-state index is 12.4. The van der Waals surface area contributed by atoms with Crippen LogP contribution in [0.4, 0.5) is 11.8 Å². The lowest BCUT2D eigenvalue weighted by Crippen LogP contribution is -2.35. The Hall–Kier alpha value is -2.63. The Balaban J connectivity index is 1.48. The Bertz CT molecular complexity index is 754. The molecule has 0 aliphatic heterocycles. The van der Waals surface area contributed by atoms with Gasteiger partial charge in [0, 0.05) is 44.4 Å². The van der Waals surface area contributed by atoms with Gasteiger partial charge in [-0.05, 0) is 38.2 Å². The molecule has 0 bridgehead atoms. The topological polar surface area (TPSA) is 70.2 Å². The second kappa shape index (κ2) is 8.84. The number of hydrogen-bond acceptors (Lipinski definition) is 5. The summed E-state index contributed by atoms with van der Waals surface area (Å²) in [6.07, 6.45) is 3.70. The third-order valence-corrected chi connectivity index (χ3v) is 5.04. The van der Waals surface area contributed by atoms with Crippen molar-refractivity contribution in [2.75, 3.05) is 24.3 Å². The maximum absolute atomic E-state index is 12.4. The second-order valence-corrected chi connectivity index (χ2v) is 7.48. The minimum atomic E-state index is 0.0996. The summed E-state index contributed by atoms with van der Waals surface area (Å²) in [4.78, 5) is 23.5. The highest BCUT2D eigenvalue weighted by molar-refractivity contribution is 5.78. The summed E-state index contributed by atoms with van der Waals surface area (Å²) in [7, 11) is 3.95. The summed E-state index contributed by atoms with van der Waals surface area (Å²) < 4.78 is 0. The first-order valence-electron chi connectivity index (χ1n) is 9.62. The number of nitrogens with one attached hydrogen (secondary N) is 2. The highest BCUT2D eigenvalue weighted by Crippen LogP contribution is 2.26. The van der Waals surface area contributed by atoms with E-state index < -0.39 is 0 Å². The molecular weight excluding hydrogens is 338 g/mol. The first-order chi connectivity index (χ1) is 13.0. The van der Waals surface area contributed by atoms with Crippen molar-refractivity contribution in [3.05, 3.63) is 47.7 Å². The quantitative estimate of drug-likeness (QED) is 0.821. The molecule has 6 heteroatoms. The zero-order valence-corrected chi connectivity index (χ0v) is 16.4. The number of aromatic nitrogens is 2. The Morgan fingerprint density at radius 2 is 1.81 bits per heavy atom. The van der Waals surface area contributed by atoms with E-state index in [9.17, 15) is 4.79 Å². The summed E-state index contributed by atoms with van der Waals surface area (Å²) >= 11 is 0. The largest absolute Gasteiger partial charge is 0.363 e. The van der Waals surface area contributed by atoms with Gasteiger partial charge in [0.25, 0.3) is 0 Å². The fourth-order valence-corrected chi connectivity index (χ4v) is 3.46. The van der Waals surface area contributed by atoms with E-state index in [-0.39, 0.29) is 11.8 Å².